The number of hydrogen-bond acceptors (Lipinski definition) is 2. The lowest BCUT2D eigenvalue weighted by atomic mass is 10.1. The van der Waals surface area contributed by atoms with Crippen molar-refractivity contribution in [2.45, 2.75) is 13.1 Å². The molecule has 23 heavy (non-hydrogen) atoms. The van der Waals surface area contributed by atoms with Gasteiger partial charge < -0.3 is 4.74 Å². The third kappa shape index (κ3) is 4.36. The Kier molecular flexibility index (Phi) is 5.07. The van der Waals surface area contributed by atoms with Crippen LogP contribution in [0.5, 0.6) is 0 Å². The van der Waals surface area contributed by atoms with Gasteiger partial charge in [0.05, 0.1) is 17.7 Å². The van der Waals surface area contributed by atoms with Gasteiger partial charge in [-0.05, 0) is 43.3 Å². The van der Waals surface area contributed by atoms with Crippen molar-refractivity contribution in [1.29, 1.82) is 0 Å². The highest BCUT2D eigenvalue weighted by Gasteiger charge is 2.32. The SMILES string of the molecule is CCOC(=O)c1ccc(C#Cc2ccccc2C(F)(F)F)cc1. The van der Waals surface area contributed by atoms with Crippen LogP contribution in [-0.4, -0.2) is 12.6 Å². The van der Waals surface area contributed by atoms with Crippen LogP contribution in [0.25, 0.3) is 0 Å². The predicted octanol–water partition coefficient (Wildman–Crippen LogP) is 4.28. The minimum absolute atomic E-state index is 0.0885. The number of carbonyl (C=O) groups is 1. The molecule has 0 aliphatic rings. The van der Waals surface area contributed by atoms with Crippen molar-refractivity contribution >= 4 is 5.97 Å². The highest BCUT2D eigenvalue weighted by Crippen LogP contribution is 2.31. The lowest BCUT2D eigenvalue weighted by Gasteiger charge is -2.08. The van der Waals surface area contributed by atoms with E-state index >= 15 is 0 Å². The van der Waals surface area contributed by atoms with Crippen molar-refractivity contribution in [3.8, 4) is 11.8 Å². The Bertz CT molecular complexity index is 750. The number of benzene rings is 2. The largest absolute Gasteiger partial charge is 0.462 e. The summed E-state index contributed by atoms with van der Waals surface area (Å²) in [6.45, 7) is 1.98. The van der Waals surface area contributed by atoms with E-state index in [1.165, 1.54) is 30.3 Å². The van der Waals surface area contributed by atoms with Gasteiger partial charge in [-0.2, -0.15) is 13.2 Å². The molecule has 0 spiro atoms. The molecular formula is C18H13F3O2. The molecule has 0 N–H and O–H groups in total. The van der Waals surface area contributed by atoms with Gasteiger partial charge in [-0.1, -0.05) is 24.0 Å². The second-order valence-electron chi connectivity index (χ2n) is 4.59. The fraction of sp³-hybridized carbons (Fsp3) is 0.167. The number of rotatable bonds is 2. The zero-order chi connectivity index (χ0) is 16.9. The Morgan fingerprint density at radius 2 is 1.70 bits per heavy atom. The van der Waals surface area contributed by atoms with Gasteiger partial charge >= 0.3 is 12.1 Å². The van der Waals surface area contributed by atoms with Crippen molar-refractivity contribution in [3.05, 3.63) is 70.8 Å². The lowest BCUT2D eigenvalue weighted by molar-refractivity contribution is -0.137. The van der Waals surface area contributed by atoms with Gasteiger partial charge in [-0.25, -0.2) is 4.79 Å². The third-order valence-corrected chi connectivity index (χ3v) is 2.97. The number of carbonyl (C=O) groups excluding carboxylic acids is 1. The summed E-state index contributed by atoms with van der Waals surface area (Å²) in [4.78, 5) is 11.5. The Morgan fingerprint density at radius 3 is 2.30 bits per heavy atom. The molecule has 0 aliphatic carbocycles. The second-order valence-corrected chi connectivity index (χ2v) is 4.59. The summed E-state index contributed by atoms with van der Waals surface area (Å²) in [6, 6.07) is 11.3. The normalized spacial score (nSPS) is 10.6. The number of alkyl halides is 3. The minimum atomic E-state index is -4.45. The topological polar surface area (TPSA) is 26.3 Å². The zero-order valence-electron chi connectivity index (χ0n) is 12.3. The summed E-state index contributed by atoms with van der Waals surface area (Å²) in [5, 5.41) is 0. The molecule has 2 nitrogen and oxygen atoms in total. The molecule has 0 bridgehead atoms. The van der Waals surface area contributed by atoms with E-state index in [0.717, 1.165) is 6.07 Å². The van der Waals surface area contributed by atoms with Crippen molar-refractivity contribution in [2.75, 3.05) is 6.61 Å². The summed E-state index contributed by atoms with van der Waals surface area (Å²) >= 11 is 0. The highest BCUT2D eigenvalue weighted by molar-refractivity contribution is 5.89. The maximum atomic E-state index is 12.9. The summed E-state index contributed by atoms with van der Waals surface area (Å²) in [5.74, 6) is 4.74. The van der Waals surface area contributed by atoms with Crippen LogP contribution in [0.3, 0.4) is 0 Å². The first-order chi connectivity index (χ1) is 10.9. The monoisotopic (exact) mass is 318 g/mol. The van der Waals surface area contributed by atoms with E-state index in [-0.39, 0.29) is 12.2 Å². The predicted molar refractivity (Wildman–Crippen MR) is 79.8 cm³/mol. The quantitative estimate of drug-likeness (QED) is 0.610. The smallest absolute Gasteiger partial charge is 0.417 e. The molecule has 0 aromatic heterocycles. The molecule has 0 atom stereocenters. The summed E-state index contributed by atoms with van der Waals surface area (Å²) < 4.78 is 43.5. The number of ether oxygens (including phenoxy) is 1. The van der Waals surface area contributed by atoms with Crippen LogP contribution in [0.15, 0.2) is 48.5 Å². The van der Waals surface area contributed by atoms with Crippen LogP contribution in [0.2, 0.25) is 0 Å². The molecule has 2 rings (SSSR count). The van der Waals surface area contributed by atoms with Gasteiger partial charge in [-0.15, -0.1) is 0 Å². The highest BCUT2D eigenvalue weighted by atomic mass is 19.4. The van der Waals surface area contributed by atoms with E-state index in [1.807, 2.05) is 0 Å². The molecule has 0 fully saturated rings. The number of hydrogen-bond donors (Lipinski definition) is 0. The average Bonchev–Trinajstić information content (AvgIpc) is 2.53. The summed E-state index contributed by atoms with van der Waals surface area (Å²) in [6.07, 6.45) is -4.45. The van der Waals surface area contributed by atoms with Gasteiger partial charge in [-0.3, -0.25) is 0 Å². The van der Waals surface area contributed by atoms with Crippen LogP contribution in [-0.2, 0) is 10.9 Å². The second kappa shape index (κ2) is 7.01. The molecule has 0 unspecified atom stereocenters. The molecule has 0 heterocycles. The maximum absolute atomic E-state index is 12.9. The summed E-state index contributed by atoms with van der Waals surface area (Å²) in [7, 11) is 0. The maximum Gasteiger partial charge on any atom is 0.417 e. The first kappa shape index (κ1) is 16.6. The van der Waals surface area contributed by atoms with Gasteiger partial charge in [0, 0.05) is 11.1 Å². The molecule has 5 heteroatoms. The van der Waals surface area contributed by atoms with Crippen LogP contribution < -0.4 is 0 Å². The number of halogens is 3. The number of esters is 1. The molecule has 0 radical (unpaired) electrons. The fourth-order valence-electron chi connectivity index (χ4n) is 1.88. The Balaban J connectivity index is 2.25. The molecule has 2 aromatic rings. The van der Waals surface area contributed by atoms with E-state index in [0.29, 0.717) is 11.1 Å². The van der Waals surface area contributed by atoms with Gasteiger partial charge in [0.25, 0.3) is 0 Å². The van der Waals surface area contributed by atoms with Gasteiger partial charge in [0.1, 0.15) is 0 Å². The molecule has 0 amide bonds. The first-order valence-corrected chi connectivity index (χ1v) is 6.87. The van der Waals surface area contributed by atoms with E-state index < -0.39 is 17.7 Å². The molecule has 118 valence electrons. The van der Waals surface area contributed by atoms with E-state index in [4.69, 9.17) is 4.74 Å². The van der Waals surface area contributed by atoms with Crippen LogP contribution >= 0.6 is 0 Å². The standard InChI is InChI=1S/C18H13F3O2/c1-2-23-17(22)15-11-8-13(9-12-15)7-10-14-5-3-4-6-16(14)18(19,20)21/h3-6,8-9,11-12H,2H2,1H3. The van der Waals surface area contributed by atoms with Gasteiger partial charge in [0.15, 0.2) is 0 Å². The van der Waals surface area contributed by atoms with E-state index in [9.17, 15) is 18.0 Å². The zero-order valence-corrected chi connectivity index (χ0v) is 12.3. The van der Waals surface area contributed by atoms with Crippen LogP contribution in [0, 0.1) is 11.8 Å². The van der Waals surface area contributed by atoms with Crippen molar-refractivity contribution in [3.63, 3.8) is 0 Å². The van der Waals surface area contributed by atoms with Crippen molar-refractivity contribution < 1.29 is 22.7 Å². The Labute approximate surface area is 131 Å². The molecule has 2 aromatic carbocycles. The van der Waals surface area contributed by atoms with E-state index in [1.54, 1.807) is 19.1 Å². The van der Waals surface area contributed by atoms with Crippen molar-refractivity contribution in [1.82, 2.24) is 0 Å². The molecule has 0 aliphatic heterocycles. The third-order valence-electron chi connectivity index (χ3n) is 2.97. The Morgan fingerprint density at radius 1 is 1.04 bits per heavy atom. The summed E-state index contributed by atoms with van der Waals surface area (Å²) in [5.41, 5.74) is 0.0215. The minimum Gasteiger partial charge on any atom is -0.462 e. The van der Waals surface area contributed by atoms with Crippen LogP contribution in [0.4, 0.5) is 13.2 Å². The van der Waals surface area contributed by atoms with Crippen molar-refractivity contribution in [2.24, 2.45) is 0 Å². The lowest BCUT2D eigenvalue weighted by Crippen LogP contribution is -2.07. The first-order valence-electron chi connectivity index (χ1n) is 6.87. The van der Waals surface area contributed by atoms with Crippen LogP contribution in [0.1, 0.15) is 34.0 Å². The molecule has 0 saturated heterocycles. The molecule has 0 saturated carbocycles. The average molecular weight is 318 g/mol. The fourth-order valence-corrected chi connectivity index (χ4v) is 1.88. The van der Waals surface area contributed by atoms with Gasteiger partial charge in [0.2, 0.25) is 0 Å². The van der Waals surface area contributed by atoms with E-state index in [2.05, 4.69) is 11.8 Å². The Hall–Kier alpha value is -2.74. The molecular weight excluding hydrogens is 305 g/mol.